The Morgan fingerprint density at radius 1 is 0.768 bits per heavy atom. The minimum Gasteiger partial charge on any atom is -0.501 e. The summed E-state index contributed by atoms with van der Waals surface area (Å²) in [7, 11) is -1.77. The number of fused-ring (bicyclic) bond motifs is 4. The van der Waals surface area contributed by atoms with E-state index in [1.165, 1.54) is 11.1 Å². The molecule has 6 aromatic carbocycles. The summed E-state index contributed by atoms with van der Waals surface area (Å²) >= 11 is 0. The van der Waals surface area contributed by atoms with Gasteiger partial charge in [-0.3, -0.25) is 4.98 Å². The third-order valence-corrected chi connectivity index (χ3v) is 12.2. The number of imidazole rings is 1. The monoisotopic (exact) mass is 926 g/mol. The molecule has 0 N–H and O–H groups in total. The first-order valence-corrected chi connectivity index (χ1v) is 22.3. The first-order valence-electron chi connectivity index (χ1n) is 19.8. The van der Waals surface area contributed by atoms with Gasteiger partial charge in [0.2, 0.25) is 0 Å². The van der Waals surface area contributed by atoms with E-state index in [1.54, 1.807) is 0 Å². The molecule has 9 rings (SSSR count). The maximum absolute atomic E-state index is 9.04. The number of pyridine rings is 1. The van der Waals surface area contributed by atoms with Gasteiger partial charge in [0, 0.05) is 40.1 Å². The Hall–Kier alpha value is -5.39. The van der Waals surface area contributed by atoms with Crippen LogP contribution >= 0.6 is 0 Å². The average Bonchev–Trinajstić information content (AvgIpc) is 3.80. The number of para-hydroxylation sites is 4. The van der Waals surface area contributed by atoms with Crippen LogP contribution in [0.3, 0.4) is 0 Å². The number of rotatable bonds is 7. The van der Waals surface area contributed by atoms with Gasteiger partial charge in [0.1, 0.15) is 5.58 Å². The van der Waals surface area contributed by atoms with E-state index >= 15 is 0 Å². The molecule has 0 aliphatic carbocycles. The van der Waals surface area contributed by atoms with E-state index in [0.717, 1.165) is 77.6 Å². The van der Waals surface area contributed by atoms with Crippen LogP contribution in [0.25, 0.3) is 61.3 Å². The quantitative estimate of drug-likeness (QED) is 0.118. The fraction of sp³-hybridized carbons (Fsp3) is 0.160. The zero-order chi connectivity index (χ0) is 39.9. The molecule has 3 heterocycles. The minimum absolute atomic E-state index is 0. The van der Waals surface area contributed by atoms with Crippen molar-refractivity contribution < 1.29 is 27.3 Å². The van der Waals surface area contributed by atoms with E-state index in [9.17, 15) is 0 Å². The van der Waals surface area contributed by atoms with Crippen molar-refractivity contribution in [2.24, 2.45) is 0 Å². The van der Waals surface area contributed by atoms with Crippen molar-refractivity contribution in [1.82, 2.24) is 14.5 Å². The second-order valence-electron chi connectivity index (χ2n) is 15.1. The number of benzene rings is 6. The number of hydrogen-bond donors (Lipinski definition) is 0. The van der Waals surface area contributed by atoms with Crippen molar-refractivity contribution in [1.29, 1.82) is 0 Å². The first kappa shape index (κ1) is 36.3. The fourth-order valence-electron chi connectivity index (χ4n) is 7.37. The molecule has 0 fully saturated rings. The van der Waals surface area contributed by atoms with Crippen LogP contribution in [0.1, 0.15) is 37.8 Å². The van der Waals surface area contributed by atoms with Gasteiger partial charge in [-0.1, -0.05) is 128 Å². The van der Waals surface area contributed by atoms with Gasteiger partial charge in [-0.2, -0.15) is 0 Å². The number of furan rings is 1. The van der Waals surface area contributed by atoms with Gasteiger partial charge in [0.25, 0.3) is 0 Å². The van der Waals surface area contributed by atoms with E-state index in [4.69, 9.17) is 12.1 Å². The summed E-state index contributed by atoms with van der Waals surface area (Å²) in [5.74, 6) is 0.585. The van der Waals surface area contributed by atoms with E-state index < -0.39 is 14.4 Å². The van der Waals surface area contributed by atoms with Crippen LogP contribution in [-0.2, 0) is 26.5 Å². The maximum atomic E-state index is 9.04. The van der Waals surface area contributed by atoms with Crippen molar-refractivity contribution in [3.63, 3.8) is 0 Å². The van der Waals surface area contributed by atoms with Crippen molar-refractivity contribution in [2.75, 3.05) is 0 Å². The number of aromatic nitrogens is 3. The summed E-state index contributed by atoms with van der Waals surface area (Å²) in [5.41, 5.74) is 11.6. The van der Waals surface area contributed by atoms with E-state index in [2.05, 4.69) is 104 Å². The molecule has 281 valence electrons. The third kappa shape index (κ3) is 7.70. The summed E-state index contributed by atoms with van der Waals surface area (Å²) in [4.78, 5) is 9.69. The molecule has 0 saturated carbocycles. The van der Waals surface area contributed by atoms with Crippen molar-refractivity contribution in [2.45, 2.75) is 52.7 Å². The van der Waals surface area contributed by atoms with E-state index in [0.29, 0.717) is 0 Å². The molecule has 3 aromatic heterocycles. The van der Waals surface area contributed by atoms with Gasteiger partial charge in [0.15, 0.2) is 0 Å². The van der Waals surface area contributed by atoms with Crippen LogP contribution in [0, 0.1) is 26.0 Å². The van der Waals surface area contributed by atoms with E-state index in [-0.39, 0.29) is 26.0 Å². The van der Waals surface area contributed by atoms with Crippen LogP contribution in [0.15, 0.2) is 150 Å². The van der Waals surface area contributed by atoms with Crippen molar-refractivity contribution >= 4 is 46.2 Å². The van der Waals surface area contributed by atoms with E-state index in [1.807, 2.05) is 104 Å². The molecule has 0 aliphatic rings. The Morgan fingerprint density at radius 2 is 1.48 bits per heavy atom. The Bertz CT molecular complexity index is 2840. The zero-order valence-electron chi connectivity index (χ0n) is 34.5. The molecular weight excluding hydrogens is 879 g/mol. The molecule has 56 heavy (non-hydrogen) atoms. The van der Waals surface area contributed by atoms with Crippen LogP contribution < -0.4 is 5.19 Å². The molecule has 0 spiro atoms. The number of hydrogen-bond acceptors (Lipinski definition) is 3. The summed E-state index contributed by atoms with van der Waals surface area (Å²) in [6, 6.07) is 53.0. The standard InChI is InChI=1S/C27H19N2O.C23H26NSi.Ir/c1-17-9-7-10-18(2)25(17)29-23-15-5-4-14-22(23)28-27(29)21-13-8-12-20-19-11-3-6-16-24(19)30-26(20)21;1-18(19-11-7-5-8-12-19)15-21-16-22(20-13-9-6-10-14-20)24-17-23(21)25(2,3)4;/h3-12,14-16H,1-2H3;5-13,16-18H,15H2,1-4H3;/q2*-1;/i;15D2;. The van der Waals surface area contributed by atoms with Crippen LogP contribution in [0.2, 0.25) is 19.6 Å². The van der Waals surface area contributed by atoms with Crippen LogP contribution in [0.5, 0.6) is 0 Å². The molecule has 0 amide bonds. The van der Waals surface area contributed by atoms with Gasteiger partial charge >= 0.3 is 0 Å². The van der Waals surface area contributed by atoms with Gasteiger partial charge in [-0.15, -0.1) is 54.1 Å². The molecule has 0 aliphatic heterocycles. The minimum atomic E-state index is -1.77. The SMILES string of the molecule is Cc1cccc(C)c1-n1c(-c2[c-]ccc3c2oc2ccccc23)nc2ccccc21.[2H]C([2H])(c1cc(-c2[c-]cccc2)ncc1[Si](C)(C)C)C(C)c1ccccc1.[Ir]. The normalized spacial score (nSPS) is 12.8. The molecular formula is C50H45IrN3OSi-2. The number of nitrogens with zero attached hydrogens (tertiary/aromatic N) is 3. The topological polar surface area (TPSA) is 43.9 Å². The summed E-state index contributed by atoms with van der Waals surface area (Å²) in [5, 5.41) is 3.27. The number of aryl methyl sites for hydroxylation is 2. The Labute approximate surface area is 347 Å². The van der Waals surface area contributed by atoms with Gasteiger partial charge in [-0.25, -0.2) is 0 Å². The van der Waals surface area contributed by atoms with Crippen molar-refractivity contribution in [3.8, 4) is 28.3 Å². The second kappa shape index (κ2) is 16.4. The predicted octanol–water partition coefficient (Wildman–Crippen LogP) is 12.4. The summed E-state index contributed by atoms with van der Waals surface area (Å²) in [6.07, 6.45) is 0.400. The summed E-state index contributed by atoms with van der Waals surface area (Å²) in [6.45, 7) is 13.0. The largest absolute Gasteiger partial charge is 0.501 e. The van der Waals surface area contributed by atoms with Gasteiger partial charge < -0.3 is 14.0 Å². The molecule has 1 radical (unpaired) electrons. The Kier molecular flexibility index (Phi) is 10.6. The zero-order valence-corrected chi connectivity index (χ0v) is 35.9. The van der Waals surface area contributed by atoms with Gasteiger partial charge in [0.05, 0.1) is 30.5 Å². The smallest absolute Gasteiger partial charge is 0.120 e. The molecule has 4 nitrogen and oxygen atoms in total. The Balaban J connectivity index is 0.000000175. The van der Waals surface area contributed by atoms with Gasteiger partial charge in [-0.05, 0) is 71.9 Å². The average molecular weight is 926 g/mol. The predicted molar refractivity (Wildman–Crippen MR) is 232 cm³/mol. The molecule has 1 atom stereocenters. The first-order chi connectivity index (χ1) is 27.4. The van der Waals surface area contributed by atoms with Crippen molar-refractivity contribution in [3.05, 3.63) is 180 Å². The fourth-order valence-corrected chi connectivity index (χ4v) is 8.77. The molecule has 6 heteroatoms. The van der Waals surface area contributed by atoms with Crippen LogP contribution in [0.4, 0.5) is 0 Å². The molecule has 0 bridgehead atoms. The molecule has 9 aromatic rings. The second-order valence-corrected chi connectivity index (χ2v) is 20.2. The van der Waals surface area contributed by atoms with Crippen LogP contribution in [-0.4, -0.2) is 22.6 Å². The molecule has 0 saturated heterocycles. The molecule has 1 unspecified atom stereocenters. The third-order valence-electron chi connectivity index (χ3n) is 10.2. The Morgan fingerprint density at radius 3 is 2.23 bits per heavy atom. The summed E-state index contributed by atoms with van der Waals surface area (Å²) < 4.78 is 26.6. The maximum Gasteiger partial charge on any atom is 0.120 e.